The van der Waals surface area contributed by atoms with Crippen LogP contribution in [-0.2, 0) is 6.54 Å². The summed E-state index contributed by atoms with van der Waals surface area (Å²) in [6.45, 7) is 5.16. The Morgan fingerprint density at radius 1 is 1.37 bits per heavy atom. The number of thioether (sulfide) groups is 1. The maximum Gasteiger partial charge on any atom is 0.0584 e. The maximum absolute atomic E-state index is 4.34. The number of benzene rings is 1. The normalized spacial score (nSPS) is 12.6. The lowest BCUT2D eigenvalue weighted by molar-refractivity contribution is 0.549. The Morgan fingerprint density at radius 2 is 2.21 bits per heavy atom. The molecule has 0 amide bonds. The minimum Gasteiger partial charge on any atom is -0.311 e. The van der Waals surface area contributed by atoms with Gasteiger partial charge in [-0.05, 0) is 39.1 Å². The molecule has 4 heteroatoms. The largest absolute Gasteiger partial charge is 0.311 e. The molecule has 1 N–H and O–H groups in total. The van der Waals surface area contributed by atoms with Crippen LogP contribution in [0.25, 0.3) is 0 Å². The van der Waals surface area contributed by atoms with Crippen molar-refractivity contribution in [3.05, 3.63) is 47.8 Å². The van der Waals surface area contributed by atoms with Crippen LogP contribution in [0.4, 0.5) is 0 Å². The topological polar surface area (TPSA) is 29.9 Å². The summed E-state index contributed by atoms with van der Waals surface area (Å²) in [6.07, 6.45) is 1.88. The summed E-state index contributed by atoms with van der Waals surface area (Å²) in [6, 6.07) is 11.1. The second-order valence-corrected chi connectivity index (χ2v) is 5.63. The number of aryl methyl sites for hydroxylation is 2. The van der Waals surface area contributed by atoms with Crippen molar-refractivity contribution in [3.8, 4) is 0 Å². The van der Waals surface area contributed by atoms with Crippen LogP contribution < -0.4 is 5.32 Å². The van der Waals surface area contributed by atoms with Crippen LogP contribution in [-0.4, -0.2) is 22.6 Å². The fraction of sp³-hybridized carbons (Fsp3) is 0.400. The summed E-state index contributed by atoms with van der Waals surface area (Å²) in [5.74, 6) is 1.01. The van der Waals surface area contributed by atoms with Crippen LogP contribution in [0.15, 0.2) is 41.4 Å². The van der Waals surface area contributed by atoms with Crippen molar-refractivity contribution in [2.75, 3.05) is 12.8 Å². The third-order valence-corrected chi connectivity index (χ3v) is 4.25. The molecule has 0 aliphatic heterocycles. The van der Waals surface area contributed by atoms with Gasteiger partial charge in [0.25, 0.3) is 0 Å². The molecular formula is C15H21N3S. The summed E-state index contributed by atoms with van der Waals surface area (Å²) >= 11 is 1.88. The Balaban J connectivity index is 2.04. The molecule has 0 saturated carbocycles. The summed E-state index contributed by atoms with van der Waals surface area (Å²) in [5, 5.41) is 7.72. The lowest BCUT2D eigenvalue weighted by Crippen LogP contribution is -2.22. The van der Waals surface area contributed by atoms with Gasteiger partial charge in [-0.2, -0.15) is 5.10 Å². The van der Waals surface area contributed by atoms with Gasteiger partial charge in [0.15, 0.2) is 0 Å². The van der Waals surface area contributed by atoms with E-state index in [-0.39, 0.29) is 0 Å². The Morgan fingerprint density at radius 3 is 2.89 bits per heavy atom. The van der Waals surface area contributed by atoms with Gasteiger partial charge in [0.2, 0.25) is 0 Å². The zero-order valence-corrected chi connectivity index (χ0v) is 12.6. The average Bonchev–Trinajstić information content (AvgIpc) is 2.88. The van der Waals surface area contributed by atoms with E-state index < -0.39 is 0 Å². The van der Waals surface area contributed by atoms with Gasteiger partial charge in [-0.1, -0.05) is 17.7 Å². The zero-order chi connectivity index (χ0) is 13.7. The van der Waals surface area contributed by atoms with E-state index >= 15 is 0 Å². The van der Waals surface area contributed by atoms with Crippen LogP contribution in [0.1, 0.15) is 24.2 Å². The van der Waals surface area contributed by atoms with E-state index in [0.29, 0.717) is 6.04 Å². The SMILES string of the molecule is CCn1nccc1C(CSc1cccc(C)c1)NC. The molecule has 1 aromatic heterocycles. The molecule has 0 fully saturated rings. The quantitative estimate of drug-likeness (QED) is 0.821. The molecule has 0 bridgehead atoms. The smallest absolute Gasteiger partial charge is 0.0584 e. The average molecular weight is 275 g/mol. The Labute approximate surface area is 119 Å². The first-order valence-corrected chi connectivity index (χ1v) is 7.61. The molecule has 102 valence electrons. The molecule has 1 unspecified atom stereocenters. The van der Waals surface area contributed by atoms with E-state index in [2.05, 4.69) is 59.3 Å². The van der Waals surface area contributed by atoms with E-state index in [1.165, 1.54) is 16.2 Å². The fourth-order valence-corrected chi connectivity index (χ4v) is 3.24. The van der Waals surface area contributed by atoms with Gasteiger partial charge in [0.05, 0.1) is 11.7 Å². The van der Waals surface area contributed by atoms with Gasteiger partial charge < -0.3 is 5.32 Å². The molecule has 1 aromatic carbocycles. The zero-order valence-electron chi connectivity index (χ0n) is 11.8. The highest BCUT2D eigenvalue weighted by Gasteiger charge is 2.14. The third kappa shape index (κ3) is 3.61. The summed E-state index contributed by atoms with van der Waals surface area (Å²) in [4.78, 5) is 1.32. The molecule has 0 spiro atoms. The van der Waals surface area contributed by atoms with Gasteiger partial charge in [0.1, 0.15) is 0 Å². The fourth-order valence-electron chi connectivity index (χ4n) is 2.10. The van der Waals surface area contributed by atoms with Crippen molar-refractivity contribution in [1.82, 2.24) is 15.1 Å². The van der Waals surface area contributed by atoms with E-state index in [0.717, 1.165) is 12.3 Å². The Kier molecular flexibility index (Phi) is 5.05. The van der Waals surface area contributed by atoms with Crippen molar-refractivity contribution >= 4 is 11.8 Å². The van der Waals surface area contributed by atoms with Gasteiger partial charge in [0, 0.05) is 23.4 Å². The first-order valence-electron chi connectivity index (χ1n) is 6.63. The predicted molar refractivity (Wildman–Crippen MR) is 81.6 cm³/mol. The van der Waals surface area contributed by atoms with Gasteiger partial charge in [-0.3, -0.25) is 4.68 Å². The molecule has 3 nitrogen and oxygen atoms in total. The third-order valence-electron chi connectivity index (χ3n) is 3.16. The number of nitrogens with zero attached hydrogens (tertiary/aromatic N) is 2. The minimum absolute atomic E-state index is 0.327. The second-order valence-electron chi connectivity index (χ2n) is 4.54. The maximum atomic E-state index is 4.34. The summed E-state index contributed by atoms with van der Waals surface area (Å²) in [7, 11) is 2.01. The minimum atomic E-state index is 0.327. The molecule has 0 aliphatic rings. The number of hydrogen-bond acceptors (Lipinski definition) is 3. The highest BCUT2D eigenvalue weighted by atomic mass is 32.2. The monoisotopic (exact) mass is 275 g/mol. The molecular weight excluding hydrogens is 254 g/mol. The summed E-state index contributed by atoms with van der Waals surface area (Å²) < 4.78 is 2.05. The second kappa shape index (κ2) is 6.78. The molecule has 0 aliphatic carbocycles. The Bertz CT molecular complexity index is 522. The predicted octanol–water partition coefficient (Wildman–Crippen LogP) is 3.26. The molecule has 2 rings (SSSR count). The van der Waals surface area contributed by atoms with Crippen LogP contribution in [0.2, 0.25) is 0 Å². The molecule has 0 saturated heterocycles. The van der Waals surface area contributed by atoms with Crippen molar-refractivity contribution in [2.24, 2.45) is 0 Å². The molecule has 1 atom stereocenters. The van der Waals surface area contributed by atoms with Gasteiger partial charge in [-0.15, -0.1) is 11.8 Å². The van der Waals surface area contributed by atoms with E-state index in [9.17, 15) is 0 Å². The molecule has 19 heavy (non-hydrogen) atoms. The van der Waals surface area contributed by atoms with Crippen LogP contribution in [0, 0.1) is 6.92 Å². The van der Waals surface area contributed by atoms with E-state index in [4.69, 9.17) is 0 Å². The van der Waals surface area contributed by atoms with Gasteiger partial charge in [-0.25, -0.2) is 0 Å². The van der Waals surface area contributed by atoms with E-state index in [1.807, 2.05) is 25.0 Å². The number of nitrogens with one attached hydrogen (secondary N) is 1. The van der Waals surface area contributed by atoms with Crippen LogP contribution in [0.5, 0.6) is 0 Å². The van der Waals surface area contributed by atoms with Crippen molar-refractivity contribution in [3.63, 3.8) is 0 Å². The molecule has 0 radical (unpaired) electrons. The summed E-state index contributed by atoms with van der Waals surface area (Å²) in [5.41, 5.74) is 2.56. The lowest BCUT2D eigenvalue weighted by atomic mass is 10.2. The number of hydrogen-bond donors (Lipinski definition) is 1. The molecule has 1 heterocycles. The van der Waals surface area contributed by atoms with Crippen LogP contribution in [0.3, 0.4) is 0 Å². The highest BCUT2D eigenvalue weighted by Crippen LogP contribution is 2.25. The van der Waals surface area contributed by atoms with Crippen LogP contribution >= 0.6 is 11.8 Å². The standard InChI is InChI=1S/C15H21N3S/c1-4-18-15(8-9-17-18)14(16-3)11-19-13-7-5-6-12(2)10-13/h5-10,14,16H,4,11H2,1-3H3. The van der Waals surface area contributed by atoms with E-state index in [1.54, 1.807) is 0 Å². The lowest BCUT2D eigenvalue weighted by Gasteiger charge is -2.17. The highest BCUT2D eigenvalue weighted by molar-refractivity contribution is 7.99. The van der Waals surface area contributed by atoms with Crippen molar-refractivity contribution in [2.45, 2.75) is 31.3 Å². The number of aromatic nitrogens is 2. The first-order chi connectivity index (χ1) is 9.24. The number of rotatable bonds is 6. The first kappa shape index (κ1) is 14.2. The Hall–Kier alpha value is -1.26. The van der Waals surface area contributed by atoms with Gasteiger partial charge >= 0.3 is 0 Å². The van der Waals surface area contributed by atoms with Crippen molar-refractivity contribution < 1.29 is 0 Å². The molecule has 2 aromatic rings. The van der Waals surface area contributed by atoms with Crippen molar-refractivity contribution in [1.29, 1.82) is 0 Å².